The number of benzene rings is 3. The third-order valence-electron chi connectivity index (χ3n) is 7.47. The highest BCUT2D eigenvalue weighted by molar-refractivity contribution is 5.92. The monoisotopic (exact) mass is 536 g/mol. The summed E-state index contributed by atoms with van der Waals surface area (Å²) in [5.74, 6) is 1.49. The van der Waals surface area contributed by atoms with Crippen LogP contribution in [0.15, 0.2) is 52.9 Å². The summed E-state index contributed by atoms with van der Waals surface area (Å²) in [4.78, 5) is 0. The standard InChI is InChI=1S/C30H32O9/c1-35-25-9-16(4-6-23(25)33)8-19-15-38-28(21(19)13-31)18-10-20-22(14-32)29(39-30(20)27(12-18)37-3)17-5-7-24(34)26(11-17)36-2/h4-7,9-12,19,21,28,31-34H,8,13-15H2,1-3H3. The van der Waals surface area contributed by atoms with Crippen molar-refractivity contribution in [1.82, 2.24) is 0 Å². The van der Waals surface area contributed by atoms with Gasteiger partial charge in [0.05, 0.1) is 40.6 Å². The summed E-state index contributed by atoms with van der Waals surface area (Å²) in [5.41, 5.74) is 3.43. The molecule has 5 rings (SSSR count). The number of aliphatic hydroxyl groups excluding tert-OH is 2. The van der Waals surface area contributed by atoms with Crippen molar-refractivity contribution < 1.29 is 43.8 Å². The van der Waals surface area contributed by atoms with Gasteiger partial charge in [-0.2, -0.15) is 0 Å². The maximum Gasteiger partial charge on any atom is 0.177 e. The summed E-state index contributed by atoms with van der Waals surface area (Å²) in [6.07, 6.45) is 0.231. The lowest BCUT2D eigenvalue weighted by Crippen LogP contribution is -2.21. The van der Waals surface area contributed by atoms with Crippen LogP contribution in [0.5, 0.6) is 28.7 Å². The van der Waals surface area contributed by atoms with Crippen LogP contribution in [0, 0.1) is 11.8 Å². The number of phenolic OH excluding ortho intramolecular Hbond substituents is 2. The zero-order valence-corrected chi connectivity index (χ0v) is 22.0. The molecule has 1 aromatic heterocycles. The smallest absolute Gasteiger partial charge is 0.177 e. The van der Waals surface area contributed by atoms with Crippen LogP contribution < -0.4 is 14.2 Å². The molecule has 9 nitrogen and oxygen atoms in total. The Labute approximate surface area is 225 Å². The first kappa shape index (κ1) is 26.7. The fourth-order valence-corrected chi connectivity index (χ4v) is 5.44. The third kappa shape index (κ3) is 4.85. The molecule has 4 N–H and O–H groups in total. The topological polar surface area (TPSA) is 131 Å². The average molecular weight is 537 g/mol. The molecule has 1 aliphatic heterocycles. The van der Waals surface area contributed by atoms with Crippen LogP contribution in [0.1, 0.15) is 22.8 Å². The van der Waals surface area contributed by atoms with E-state index in [0.717, 1.165) is 11.1 Å². The number of aromatic hydroxyl groups is 2. The van der Waals surface area contributed by atoms with E-state index in [1.807, 2.05) is 18.2 Å². The Morgan fingerprint density at radius 1 is 0.846 bits per heavy atom. The van der Waals surface area contributed by atoms with Crippen molar-refractivity contribution in [2.24, 2.45) is 11.8 Å². The van der Waals surface area contributed by atoms with Crippen LogP contribution in [0.3, 0.4) is 0 Å². The molecule has 9 heteroatoms. The summed E-state index contributed by atoms with van der Waals surface area (Å²) in [5, 5.41) is 41.4. The SMILES string of the molecule is COc1cc(CC2COC(c3cc(OC)c4oc(-c5ccc(O)c(OC)c5)c(CO)c4c3)C2CO)ccc1O. The number of furan rings is 1. The van der Waals surface area contributed by atoms with Crippen LogP contribution in [0.25, 0.3) is 22.3 Å². The van der Waals surface area contributed by atoms with E-state index >= 15 is 0 Å². The molecule has 0 saturated carbocycles. The minimum Gasteiger partial charge on any atom is -0.504 e. The lowest BCUT2D eigenvalue weighted by molar-refractivity contribution is 0.0718. The van der Waals surface area contributed by atoms with E-state index in [-0.39, 0.29) is 42.3 Å². The zero-order valence-electron chi connectivity index (χ0n) is 22.0. The Bertz CT molecular complexity index is 1480. The lowest BCUT2D eigenvalue weighted by atomic mass is 9.84. The van der Waals surface area contributed by atoms with Crippen LogP contribution in [-0.2, 0) is 17.8 Å². The van der Waals surface area contributed by atoms with Crippen molar-refractivity contribution in [3.63, 3.8) is 0 Å². The quantitative estimate of drug-likeness (QED) is 0.243. The highest BCUT2D eigenvalue weighted by atomic mass is 16.5. The number of aliphatic hydroxyl groups is 2. The minimum absolute atomic E-state index is 0.00324. The second kappa shape index (κ2) is 11.1. The molecular weight excluding hydrogens is 504 g/mol. The Kier molecular flexibility index (Phi) is 7.56. The van der Waals surface area contributed by atoms with Crippen LogP contribution in [-0.4, -0.2) is 55.0 Å². The molecular formula is C30H32O9. The molecule has 0 radical (unpaired) electrons. The third-order valence-corrected chi connectivity index (χ3v) is 7.47. The molecule has 0 spiro atoms. The molecule has 206 valence electrons. The van der Waals surface area contributed by atoms with Gasteiger partial charge in [-0.1, -0.05) is 6.07 Å². The Morgan fingerprint density at radius 3 is 2.21 bits per heavy atom. The van der Waals surface area contributed by atoms with Gasteiger partial charge in [0, 0.05) is 29.0 Å². The fraction of sp³-hybridized carbons (Fsp3) is 0.333. The van der Waals surface area contributed by atoms with Crippen molar-refractivity contribution in [2.75, 3.05) is 34.5 Å². The van der Waals surface area contributed by atoms with Gasteiger partial charge in [-0.15, -0.1) is 0 Å². The molecule has 0 amide bonds. The van der Waals surface area contributed by atoms with Crippen molar-refractivity contribution in [3.8, 4) is 40.1 Å². The van der Waals surface area contributed by atoms with Gasteiger partial charge in [-0.05, 0) is 65.9 Å². The van der Waals surface area contributed by atoms with E-state index < -0.39 is 6.10 Å². The van der Waals surface area contributed by atoms with Gasteiger partial charge in [0.2, 0.25) is 0 Å². The first-order chi connectivity index (χ1) is 18.9. The fourth-order valence-electron chi connectivity index (χ4n) is 5.44. The number of hydrogen-bond acceptors (Lipinski definition) is 9. The number of ether oxygens (including phenoxy) is 4. The van der Waals surface area contributed by atoms with Gasteiger partial charge in [0.1, 0.15) is 5.76 Å². The Hall–Kier alpha value is -3.92. The maximum atomic E-state index is 10.4. The molecule has 3 aromatic carbocycles. The Balaban J connectivity index is 1.52. The largest absolute Gasteiger partial charge is 0.504 e. The van der Waals surface area contributed by atoms with Crippen LogP contribution >= 0.6 is 0 Å². The summed E-state index contributed by atoms with van der Waals surface area (Å²) in [6.45, 7) is 0.0658. The van der Waals surface area contributed by atoms with Gasteiger partial charge in [-0.25, -0.2) is 0 Å². The van der Waals surface area contributed by atoms with Crippen LogP contribution in [0.2, 0.25) is 0 Å². The average Bonchev–Trinajstić information content (AvgIpc) is 3.54. The van der Waals surface area contributed by atoms with Gasteiger partial charge in [-0.3, -0.25) is 0 Å². The molecule has 1 fully saturated rings. The molecule has 1 aliphatic rings. The minimum atomic E-state index is -0.407. The normalized spacial score (nSPS) is 18.9. The molecule has 0 aliphatic carbocycles. The molecule has 3 unspecified atom stereocenters. The number of rotatable bonds is 9. The molecule has 1 saturated heterocycles. The van der Waals surface area contributed by atoms with E-state index in [2.05, 4.69) is 0 Å². The Morgan fingerprint density at radius 2 is 1.54 bits per heavy atom. The van der Waals surface area contributed by atoms with Gasteiger partial charge in [0.25, 0.3) is 0 Å². The predicted molar refractivity (Wildman–Crippen MR) is 143 cm³/mol. The van der Waals surface area contributed by atoms with Crippen molar-refractivity contribution in [2.45, 2.75) is 19.1 Å². The lowest BCUT2D eigenvalue weighted by Gasteiger charge is -2.22. The van der Waals surface area contributed by atoms with E-state index in [4.69, 9.17) is 23.4 Å². The number of phenols is 2. The van der Waals surface area contributed by atoms with Gasteiger partial charge in [0.15, 0.2) is 34.3 Å². The molecule has 39 heavy (non-hydrogen) atoms. The zero-order chi connectivity index (χ0) is 27.7. The number of fused-ring (bicyclic) bond motifs is 1. The summed E-state index contributed by atoms with van der Waals surface area (Å²) in [6, 6.07) is 13.8. The second-order valence-electron chi connectivity index (χ2n) is 9.63. The summed E-state index contributed by atoms with van der Waals surface area (Å²) >= 11 is 0. The molecule has 0 bridgehead atoms. The van der Waals surface area contributed by atoms with Crippen LogP contribution in [0.4, 0.5) is 0 Å². The van der Waals surface area contributed by atoms with E-state index in [0.29, 0.717) is 52.4 Å². The highest BCUT2D eigenvalue weighted by Gasteiger charge is 2.38. The van der Waals surface area contributed by atoms with Gasteiger partial charge < -0.3 is 43.8 Å². The van der Waals surface area contributed by atoms with E-state index in [9.17, 15) is 20.4 Å². The second-order valence-corrected chi connectivity index (χ2v) is 9.63. The molecule has 2 heterocycles. The summed E-state index contributed by atoms with van der Waals surface area (Å²) < 4.78 is 28.6. The maximum absolute atomic E-state index is 10.4. The summed E-state index contributed by atoms with van der Waals surface area (Å²) in [7, 11) is 4.51. The van der Waals surface area contributed by atoms with Crippen molar-refractivity contribution >= 4 is 11.0 Å². The van der Waals surface area contributed by atoms with Crippen molar-refractivity contribution in [3.05, 3.63) is 65.2 Å². The van der Waals surface area contributed by atoms with E-state index in [1.54, 1.807) is 31.4 Å². The van der Waals surface area contributed by atoms with Crippen molar-refractivity contribution in [1.29, 1.82) is 0 Å². The number of hydrogen-bond donors (Lipinski definition) is 4. The molecule has 4 aromatic rings. The highest BCUT2D eigenvalue weighted by Crippen LogP contribution is 2.46. The van der Waals surface area contributed by atoms with Gasteiger partial charge >= 0.3 is 0 Å². The predicted octanol–water partition coefficient (Wildman–Crippen LogP) is 4.57. The first-order valence-corrected chi connectivity index (χ1v) is 12.6. The van der Waals surface area contributed by atoms with E-state index in [1.165, 1.54) is 20.3 Å². The first-order valence-electron chi connectivity index (χ1n) is 12.6. The number of methoxy groups -OCH3 is 3. The molecule has 3 atom stereocenters.